The first-order valence-electron chi connectivity index (χ1n) is 12.5. The van der Waals surface area contributed by atoms with Crippen LogP contribution in [0.25, 0.3) is 21.7 Å². The van der Waals surface area contributed by atoms with E-state index >= 15 is 0 Å². The molecule has 4 aromatic rings. The van der Waals surface area contributed by atoms with Crippen molar-refractivity contribution in [3.63, 3.8) is 0 Å². The van der Waals surface area contributed by atoms with Gasteiger partial charge in [0.2, 0.25) is 0 Å². The number of rotatable bonds is 8. The van der Waals surface area contributed by atoms with E-state index in [0.717, 1.165) is 59.7 Å². The number of hydrogen-bond acceptors (Lipinski definition) is 5. The van der Waals surface area contributed by atoms with Crippen molar-refractivity contribution in [1.82, 2.24) is 20.7 Å². The molecule has 37 heavy (non-hydrogen) atoms. The van der Waals surface area contributed by atoms with Gasteiger partial charge >= 0.3 is 0 Å². The zero-order chi connectivity index (χ0) is 25.6. The van der Waals surface area contributed by atoms with E-state index in [2.05, 4.69) is 27.3 Å². The summed E-state index contributed by atoms with van der Waals surface area (Å²) in [5, 5.41) is 15.4. The van der Waals surface area contributed by atoms with Crippen molar-refractivity contribution in [2.75, 3.05) is 13.1 Å². The molecule has 4 N–H and O–H groups in total. The molecule has 2 amide bonds. The SMILES string of the molecule is O=C(NO)c1ccc(-c2cccc(CNC(=O)c3ccn(CC4CCNCC4)c3-c3ccccc3)c2)s1. The Hall–Kier alpha value is -3.72. The van der Waals surface area contributed by atoms with Crippen molar-refractivity contribution in [1.29, 1.82) is 0 Å². The van der Waals surface area contributed by atoms with Gasteiger partial charge in [0.15, 0.2) is 0 Å². The van der Waals surface area contributed by atoms with Crippen LogP contribution in [0.15, 0.2) is 79.0 Å². The lowest BCUT2D eigenvalue weighted by atomic mass is 9.97. The van der Waals surface area contributed by atoms with Crippen molar-refractivity contribution in [2.24, 2.45) is 5.92 Å². The van der Waals surface area contributed by atoms with Crippen LogP contribution in [0.5, 0.6) is 0 Å². The Bertz CT molecular complexity index is 1370. The molecule has 1 aliphatic rings. The third-order valence-electron chi connectivity index (χ3n) is 6.76. The highest BCUT2D eigenvalue weighted by Gasteiger charge is 2.21. The summed E-state index contributed by atoms with van der Waals surface area (Å²) in [6, 6.07) is 23.4. The number of piperidine rings is 1. The van der Waals surface area contributed by atoms with Gasteiger partial charge in [0, 0.05) is 24.2 Å². The number of nitrogens with one attached hydrogen (secondary N) is 3. The Morgan fingerprint density at radius 3 is 2.51 bits per heavy atom. The number of hydroxylamine groups is 1. The van der Waals surface area contributed by atoms with Crippen LogP contribution in [-0.2, 0) is 13.1 Å². The molecular weight excluding hydrogens is 484 g/mol. The first-order chi connectivity index (χ1) is 18.1. The number of hydrogen-bond donors (Lipinski definition) is 4. The van der Waals surface area contributed by atoms with Crippen LogP contribution in [0.1, 0.15) is 38.4 Å². The standard InChI is InChI=1S/C29H30N4O3S/c34-28(31-18-21-5-4-8-23(17-21)25-9-10-26(37-25)29(35)32-36)24-13-16-33(19-20-11-14-30-15-12-20)27(24)22-6-2-1-3-7-22/h1-10,13,16-17,20,30,36H,11-12,14-15,18-19H2,(H,31,34)(H,32,35). The van der Waals surface area contributed by atoms with Crippen molar-refractivity contribution < 1.29 is 14.8 Å². The van der Waals surface area contributed by atoms with Gasteiger partial charge in [0.1, 0.15) is 0 Å². The second-order valence-corrected chi connectivity index (χ2v) is 10.4. The van der Waals surface area contributed by atoms with Crippen LogP contribution in [0.4, 0.5) is 0 Å². The fourth-order valence-electron chi connectivity index (χ4n) is 4.85. The van der Waals surface area contributed by atoms with E-state index in [4.69, 9.17) is 5.21 Å². The number of carbonyl (C=O) groups excluding carboxylic acids is 2. The number of carbonyl (C=O) groups is 2. The Morgan fingerprint density at radius 1 is 0.946 bits per heavy atom. The van der Waals surface area contributed by atoms with Crippen molar-refractivity contribution in [3.8, 4) is 21.7 Å². The highest BCUT2D eigenvalue weighted by atomic mass is 32.1. The summed E-state index contributed by atoms with van der Waals surface area (Å²) in [6.45, 7) is 3.37. The third-order valence-corrected chi connectivity index (χ3v) is 7.90. The third kappa shape index (κ3) is 5.83. The fourth-order valence-corrected chi connectivity index (χ4v) is 5.74. The lowest BCUT2D eigenvalue weighted by Crippen LogP contribution is -2.30. The van der Waals surface area contributed by atoms with Crippen LogP contribution >= 0.6 is 11.3 Å². The Balaban J connectivity index is 1.33. The highest BCUT2D eigenvalue weighted by Crippen LogP contribution is 2.30. The molecule has 2 aromatic heterocycles. The first-order valence-corrected chi connectivity index (χ1v) is 13.3. The molecule has 0 saturated carbocycles. The van der Waals surface area contributed by atoms with Gasteiger partial charge in [-0.25, -0.2) is 5.48 Å². The molecule has 0 bridgehead atoms. The molecule has 7 nitrogen and oxygen atoms in total. The molecule has 2 aromatic carbocycles. The zero-order valence-electron chi connectivity index (χ0n) is 20.4. The number of benzene rings is 2. The second kappa shape index (κ2) is 11.6. The highest BCUT2D eigenvalue weighted by molar-refractivity contribution is 7.17. The van der Waals surface area contributed by atoms with E-state index < -0.39 is 5.91 Å². The molecular formula is C29H30N4O3S. The smallest absolute Gasteiger partial charge is 0.284 e. The van der Waals surface area contributed by atoms with Crippen LogP contribution in [0.3, 0.4) is 0 Å². The average molecular weight is 515 g/mol. The number of aromatic nitrogens is 1. The van der Waals surface area contributed by atoms with Gasteiger partial charge in [-0.05, 0) is 72.8 Å². The molecule has 190 valence electrons. The number of thiophene rings is 1. The van der Waals surface area contributed by atoms with E-state index in [9.17, 15) is 9.59 Å². The second-order valence-electron chi connectivity index (χ2n) is 9.28. The van der Waals surface area contributed by atoms with E-state index in [-0.39, 0.29) is 5.91 Å². The van der Waals surface area contributed by atoms with Gasteiger partial charge < -0.3 is 15.2 Å². The minimum atomic E-state index is -0.527. The molecule has 0 aliphatic carbocycles. The molecule has 1 aliphatic heterocycles. The summed E-state index contributed by atoms with van der Waals surface area (Å²) in [4.78, 5) is 26.4. The van der Waals surface area contributed by atoms with Gasteiger partial charge in [-0.2, -0.15) is 0 Å². The summed E-state index contributed by atoms with van der Waals surface area (Å²) in [5.74, 6) is -0.0386. The summed E-state index contributed by atoms with van der Waals surface area (Å²) in [5.41, 5.74) is 6.25. The Kier molecular flexibility index (Phi) is 7.79. The van der Waals surface area contributed by atoms with Gasteiger partial charge in [0.05, 0.1) is 16.1 Å². The van der Waals surface area contributed by atoms with Crippen molar-refractivity contribution in [2.45, 2.75) is 25.9 Å². The lowest BCUT2D eigenvalue weighted by Gasteiger charge is -2.24. The molecule has 0 unspecified atom stereocenters. The largest absolute Gasteiger partial charge is 0.348 e. The molecule has 1 saturated heterocycles. The van der Waals surface area contributed by atoms with Crippen LogP contribution in [-0.4, -0.2) is 34.7 Å². The summed E-state index contributed by atoms with van der Waals surface area (Å²) in [7, 11) is 0. The summed E-state index contributed by atoms with van der Waals surface area (Å²) in [6.07, 6.45) is 4.32. The number of nitrogens with zero attached hydrogens (tertiary/aromatic N) is 1. The fraction of sp³-hybridized carbons (Fsp3) is 0.241. The van der Waals surface area contributed by atoms with Gasteiger partial charge in [-0.15, -0.1) is 11.3 Å². The minimum absolute atomic E-state index is 0.105. The topological polar surface area (TPSA) is 95.4 Å². The zero-order valence-corrected chi connectivity index (χ0v) is 21.3. The Morgan fingerprint density at radius 2 is 1.73 bits per heavy atom. The average Bonchev–Trinajstić information content (AvgIpc) is 3.61. The maximum atomic E-state index is 13.4. The van der Waals surface area contributed by atoms with Crippen molar-refractivity contribution >= 4 is 23.2 Å². The van der Waals surface area contributed by atoms with Gasteiger partial charge in [-0.3, -0.25) is 14.8 Å². The van der Waals surface area contributed by atoms with Crippen LogP contribution in [0, 0.1) is 5.92 Å². The van der Waals surface area contributed by atoms with Crippen molar-refractivity contribution in [3.05, 3.63) is 95.0 Å². The molecule has 8 heteroatoms. The van der Waals surface area contributed by atoms with E-state index in [0.29, 0.717) is 22.9 Å². The summed E-state index contributed by atoms with van der Waals surface area (Å²) >= 11 is 1.30. The molecule has 1 fully saturated rings. The lowest BCUT2D eigenvalue weighted by molar-refractivity contribution is 0.0711. The minimum Gasteiger partial charge on any atom is -0.348 e. The molecule has 0 radical (unpaired) electrons. The molecule has 5 rings (SSSR count). The number of amides is 2. The first kappa shape index (κ1) is 25.0. The maximum absolute atomic E-state index is 13.4. The van der Waals surface area contributed by atoms with E-state index in [1.54, 1.807) is 11.5 Å². The quantitative estimate of drug-likeness (QED) is 0.198. The predicted molar refractivity (Wildman–Crippen MR) is 146 cm³/mol. The molecule has 0 spiro atoms. The molecule has 0 atom stereocenters. The monoisotopic (exact) mass is 514 g/mol. The Labute approximate surface area is 220 Å². The van der Waals surface area contributed by atoms with Crippen LogP contribution < -0.4 is 16.1 Å². The van der Waals surface area contributed by atoms with Crippen LogP contribution in [0.2, 0.25) is 0 Å². The van der Waals surface area contributed by atoms with E-state index in [1.807, 2.05) is 60.8 Å². The maximum Gasteiger partial charge on any atom is 0.284 e. The van der Waals surface area contributed by atoms with Gasteiger partial charge in [0.25, 0.3) is 11.8 Å². The van der Waals surface area contributed by atoms with E-state index in [1.165, 1.54) is 11.3 Å². The molecule has 3 heterocycles. The normalized spacial score (nSPS) is 13.9. The van der Waals surface area contributed by atoms with Gasteiger partial charge in [-0.1, -0.05) is 48.5 Å². The summed E-state index contributed by atoms with van der Waals surface area (Å²) < 4.78 is 2.23. The predicted octanol–water partition coefficient (Wildman–Crippen LogP) is 4.93.